The van der Waals surface area contributed by atoms with E-state index < -0.39 is 0 Å². The number of hydrogen-bond acceptors (Lipinski definition) is 5. The highest BCUT2D eigenvalue weighted by atomic mass is 16.5. The Balaban J connectivity index is 1.75. The van der Waals surface area contributed by atoms with Crippen LogP contribution in [0, 0.1) is 13.8 Å². The van der Waals surface area contributed by atoms with Crippen LogP contribution in [0.5, 0.6) is 5.75 Å². The van der Waals surface area contributed by atoms with E-state index in [4.69, 9.17) is 4.74 Å². The molecule has 0 saturated heterocycles. The molecule has 0 spiro atoms. The number of aryl methyl sites for hydroxylation is 3. The molecule has 6 heteroatoms. The Morgan fingerprint density at radius 1 is 1.07 bits per heavy atom. The minimum Gasteiger partial charge on any atom is -0.497 e. The van der Waals surface area contributed by atoms with Crippen LogP contribution >= 0.6 is 0 Å². The van der Waals surface area contributed by atoms with Crippen molar-refractivity contribution in [3.05, 3.63) is 76.6 Å². The van der Waals surface area contributed by atoms with Crippen LogP contribution in [0.2, 0.25) is 0 Å². The second-order valence-corrected chi connectivity index (χ2v) is 6.84. The van der Waals surface area contributed by atoms with Crippen molar-refractivity contribution >= 4 is 17.5 Å². The van der Waals surface area contributed by atoms with Gasteiger partial charge >= 0.3 is 0 Å². The van der Waals surface area contributed by atoms with E-state index in [0.717, 1.165) is 34.7 Å². The molecule has 1 heterocycles. The molecule has 0 aliphatic rings. The number of methoxy groups -OCH3 is 1. The summed E-state index contributed by atoms with van der Waals surface area (Å²) in [7, 11) is 1.63. The van der Waals surface area contributed by atoms with Gasteiger partial charge in [0.25, 0.3) is 5.91 Å². The largest absolute Gasteiger partial charge is 0.497 e. The Labute approximate surface area is 171 Å². The third-order valence-corrected chi connectivity index (χ3v) is 4.68. The van der Waals surface area contributed by atoms with Crippen molar-refractivity contribution in [2.75, 3.05) is 12.4 Å². The predicted molar refractivity (Wildman–Crippen MR) is 115 cm³/mol. The van der Waals surface area contributed by atoms with Gasteiger partial charge in [0.05, 0.1) is 7.11 Å². The van der Waals surface area contributed by atoms with Crippen LogP contribution in [0.1, 0.15) is 39.8 Å². The van der Waals surface area contributed by atoms with Gasteiger partial charge in [-0.25, -0.2) is 9.97 Å². The van der Waals surface area contributed by atoms with Crippen LogP contribution in [0.3, 0.4) is 0 Å². The first-order chi connectivity index (χ1) is 14.0. The average Bonchev–Trinajstić information content (AvgIpc) is 2.73. The monoisotopic (exact) mass is 390 g/mol. The van der Waals surface area contributed by atoms with Crippen molar-refractivity contribution in [1.82, 2.24) is 15.3 Å². The molecule has 0 aliphatic carbocycles. The number of nitrogens with zero attached hydrogens (tertiary/aromatic N) is 2. The summed E-state index contributed by atoms with van der Waals surface area (Å²) in [6, 6.07) is 15.4. The number of anilines is 2. The zero-order valence-corrected chi connectivity index (χ0v) is 17.2. The molecule has 1 amide bonds. The van der Waals surface area contributed by atoms with Gasteiger partial charge in [-0.05, 0) is 55.2 Å². The molecule has 29 heavy (non-hydrogen) atoms. The minimum absolute atomic E-state index is 0.241. The number of benzene rings is 2. The van der Waals surface area contributed by atoms with Crippen LogP contribution in [-0.4, -0.2) is 23.0 Å². The number of amides is 1. The van der Waals surface area contributed by atoms with E-state index in [1.165, 1.54) is 5.56 Å². The van der Waals surface area contributed by atoms with E-state index in [1.54, 1.807) is 13.2 Å². The van der Waals surface area contributed by atoms with E-state index in [2.05, 4.69) is 33.6 Å². The summed E-state index contributed by atoms with van der Waals surface area (Å²) in [5, 5.41) is 6.21. The maximum Gasteiger partial charge on any atom is 0.270 e. The molecule has 0 atom stereocenters. The molecule has 3 aromatic rings. The molecule has 2 N–H and O–H groups in total. The molecular weight excluding hydrogens is 364 g/mol. The van der Waals surface area contributed by atoms with E-state index in [1.807, 2.05) is 50.2 Å². The van der Waals surface area contributed by atoms with Gasteiger partial charge in [-0.1, -0.05) is 37.3 Å². The van der Waals surface area contributed by atoms with Gasteiger partial charge in [0.1, 0.15) is 11.4 Å². The van der Waals surface area contributed by atoms with Crippen molar-refractivity contribution in [1.29, 1.82) is 0 Å². The molecule has 0 radical (unpaired) electrons. The Kier molecular flexibility index (Phi) is 6.44. The second-order valence-electron chi connectivity index (χ2n) is 6.84. The molecular formula is C23H26N4O2. The maximum absolute atomic E-state index is 12.6. The highest BCUT2D eigenvalue weighted by Gasteiger charge is 2.12. The highest BCUT2D eigenvalue weighted by Crippen LogP contribution is 2.24. The fourth-order valence-corrected chi connectivity index (χ4v) is 3.07. The lowest BCUT2D eigenvalue weighted by atomic mass is 10.1. The summed E-state index contributed by atoms with van der Waals surface area (Å²) in [5.41, 5.74) is 5.32. The number of ether oxygens (including phenoxy) is 1. The SMILES string of the molecule is CCc1cccc(C)c1Nc1nc(C)cc(C(=O)NCc2ccc(OC)cc2)n1. The lowest BCUT2D eigenvalue weighted by Crippen LogP contribution is -2.24. The molecule has 0 bridgehead atoms. The first kappa shape index (κ1) is 20.3. The van der Waals surface area contributed by atoms with E-state index in [9.17, 15) is 4.79 Å². The van der Waals surface area contributed by atoms with Gasteiger partial charge < -0.3 is 15.4 Å². The second kappa shape index (κ2) is 9.19. The summed E-state index contributed by atoms with van der Waals surface area (Å²) in [4.78, 5) is 21.5. The standard InChI is InChI=1S/C23H26N4O2/c1-5-18-8-6-7-15(2)21(18)27-23-25-16(3)13-20(26-23)22(28)24-14-17-9-11-19(29-4)12-10-17/h6-13H,5,14H2,1-4H3,(H,24,28)(H,25,26,27). The van der Waals surface area contributed by atoms with Gasteiger partial charge in [-0.3, -0.25) is 4.79 Å². The molecule has 150 valence electrons. The van der Waals surface area contributed by atoms with Gasteiger partial charge in [0.2, 0.25) is 5.95 Å². The Morgan fingerprint density at radius 2 is 1.83 bits per heavy atom. The van der Waals surface area contributed by atoms with Crippen molar-refractivity contribution in [3.63, 3.8) is 0 Å². The first-order valence-corrected chi connectivity index (χ1v) is 9.62. The summed E-state index contributed by atoms with van der Waals surface area (Å²) in [5.74, 6) is 0.961. The Hall–Kier alpha value is -3.41. The number of carbonyl (C=O) groups excluding carboxylic acids is 1. The molecule has 6 nitrogen and oxygen atoms in total. The first-order valence-electron chi connectivity index (χ1n) is 9.62. The average molecular weight is 390 g/mol. The zero-order chi connectivity index (χ0) is 20.8. The number of aromatic nitrogens is 2. The number of carbonyl (C=O) groups is 1. The predicted octanol–water partition coefficient (Wildman–Crippen LogP) is 4.34. The van der Waals surface area contributed by atoms with Crippen molar-refractivity contribution < 1.29 is 9.53 Å². The molecule has 2 aromatic carbocycles. The number of hydrogen-bond donors (Lipinski definition) is 2. The van der Waals surface area contributed by atoms with Gasteiger partial charge in [0, 0.05) is 17.9 Å². The summed E-state index contributed by atoms with van der Waals surface area (Å²) in [6.07, 6.45) is 0.894. The fraction of sp³-hybridized carbons (Fsp3) is 0.261. The zero-order valence-electron chi connectivity index (χ0n) is 17.2. The minimum atomic E-state index is -0.241. The quantitative estimate of drug-likeness (QED) is 0.628. The highest BCUT2D eigenvalue weighted by molar-refractivity contribution is 5.92. The van der Waals surface area contributed by atoms with Crippen molar-refractivity contribution in [2.45, 2.75) is 33.7 Å². The maximum atomic E-state index is 12.6. The van der Waals surface area contributed by atoms with Crippen LogP contribution in [0.25, 0.3) is 0 Å². The fourth-order valence-electron chi connectivity index (χ4n) is 3.07. The summed E-state index contributed by atoms with van der Waals surface area (Å²) < 4.78 is 5.15. The van der Waals surface area contributed by atoms with Gasteiger partial charge in [-0.2, -0.15) is 0 Å². The third-order valence-electron chi connectivity index (χ3n) is 4.68. The van der Waals surface area contributed by atoms with Crippen LogP contribution in [-0.2, 0) is 13.0 Å². The molecule has 1 aromatic heterocycles. The normalized spacial score (nSPS) is 10.5. The lowest BCUT2D eigenvalue weighted by Gasteiger charge is -2.14. The number of para-hydroxylation sites is 1. The topological polar surface area (TPSA) is 76.1 Å². The van der Waals surface area contributed by atoms with E-state index in [-0.39, 0.29) is 5.91 Å². The molecule has 0 aliphatic heterocycles. The third kappa shape index (κ3) is 5.10. The molecule has 0 saturated carbocycles. The summed E-state index contributed by atoms with van der Waals surface area (Å²) >= 11 is 0. The Morgan fingerprint density at radius 3 is 2.52 bits per heavy atom. The number of rotatable bonds is 7. The van der Waals surface area contributed by atoms with Crippen LogP contribution < -0.4 is 15.4 Å². The van der Waals surface area contributed by atoms with Crippen LogP contribution in [0.15, 0.2) is 48.5 Å². The molecule has 3 rings (SSSR count). The summed E-state index contributed by atoms with van der Waals surface area (Å²) in [6.45, 7) is 6.41. The van der Waals surface area contributed by atoms with Crippen molar-refractivity contribution in [2.24, 2.45) is 0 Å². The smallest absolute Gasteiger partial charge is 0.270 e. The molecule has 0 fully saturated rings. The lowest BCUT2D eigenvalue weighted by molar-refractivity contribution is 0.0945. The number of nitrogens with one attached hydrogen (secondary N) is 2. The Bertz CT molecular complexity index is 1000. The van der Waals surface area contributed by atoms with E-state index >= 15 is 0 Å². The van der Waals surface area contributed by atoms with Gasteiger partial charge in [0.15, 0.2) is 0 Å². The van der Waals surface area contributed by atoms with Crippen molar-refractivity contribution in [3.8, 4) is 5.75 Å². The van der Waals surface area contributed by atoms with Gasteiger partial charge in [-0.15, -0.1) is 0 Å². The van der Waals surface area contributed by atoms with Crippen LogP contribution in [0.4, 0.5) is 11.6 Å². The molecule has 0 unspecified atom stereocenters. The van der Waals surface area contributed by atoms with E-state index in [0.29, 0.717) is 18.2 Å².